The molecule has 0 aliphatic heterocycles. The van der Waals surface area contributed by atoms with Crippen molar-refractivity contribution in [3.63, 3.8) is 0 Å². The van der Waals surface area contributed by atoms with E-state index in [1.807, 2.05) is 31.2 Å². The molecule has 1 aromatic carbocycles. The Morgan fingerprint density at radius 1 is 1.24 bits per heavy atom. The Kier molecular flexibility index (Phi) is 5.03. The summed E-state index contributed by atoms with van der Waals surface area (Å²) in [6, 6.07) is 7.43. The molecule has 2 N–H and O–H groups in total. The van der Waals surface area contributed by atoms with E-state index in [0.29, 0.717) is 0 Å². The third-order valence-electron chi connectivity index (χ3n) is 2.17. The molecule has 0 bridgehead atoms. The van der Waals surface area contributed by atoms with E-state index in [0.717, 1.165) is 4.90 Å². The van der Waals surface area contributed by atoms with E-state index in [-0.39, 0.29) is 11.2 Å². The third kappa shape index (κ3) is 4.48. The van der Waals surface area contributed by atoms with Gasteiger partial charge in [-0.05, 0) is 26.0 Å². The number of aryl methyl sites for hydroxylation is 1. The van der Waals surface area contributed by atoms with E-state index in [9.17, 15) is 9.59 Å². The van der Waals surface area contributed by atoms with Crippen LogP contribution >= 0.6 is 11.8 Å². The first-order valence-electron chi connectivity index (χ1n) is 5.29. The number of carbonyl (C=O) groups is 2. The van der Waals surface area contributed by atoms with Crippen molar-refractivity contribution in [1.82, 2.24) is 10.6 Å². The number of hydrogen-bond donors (Lipinski definition) is 2. The fourth-order valence-electron chi connectivity index (χ4n) is 1.15. The Morgan fingerprint density at radius 2 is 1.82 bits per heavy atom. The topological polar surface area (TPSA) is 58.2 Å². The normalized spacial score (nSPS) is 11.7. The highest BCUT2D eigenvalue weighted by Gasteiger charge is 2.16. The standard InChI is InChI=1S/C12H16N2O2S/c1-8-4-6-10(7-5-8)17-9(2)11(15)14-12(16)13-3/h4-7,9H,1-3H3,(H2,13,14,15,16). The summed E-state index contributed by atoms with van der Waals surface area (Å²) in [6.45, 7) is 3.78. The van der Waals surface area contributed by atoms with Gasteiger partial charge < -0.3 is 5.32 Å². The Labute approximate surface area is 105 Å². The molecule has 1 atom stereocenters. The molecule has 0 aromatic heterocycles. The van der Waals surface area contributed by atoms with E-state index in [2.05, 4.69) is 10.6 Å². The highest BCUT2D eigenvalue weighted by Crippen LogP contribution is 2.23. The Hall–Kier alpha value is -1.49. The zero-order valence-electron chi connectivity index (χ0n) is 10.1. The number of hydrogen-bond acceptors (Lipinski definition) is 3. The molecule has 1 rings (SSSR count). The molecule has 0 saturated heterocycles. The molecule has 3 amide bonds. The molecule has 4 nitrogen and oxygen atoms in total. The molecule has 1 aromatic rings. The van der Waals surface area contributed by atoms with Gasteiger partial charge in [-0.3, -0.25) is 10.1 Å². The van der Waals surface area contributed by atoms with Crippen molar-refractivity contribution in [3.8, 4) is 0 Å². The van der Waals surface area contributed by atoms with Crippen LogP contribution in [-0.4, -0.2) is 24.2 Å². The van der Waals surface area contributed by atoms with E-state index in [1.54, 1.807) is 6.92 Å². The first-order valence-corrected chi connectivity index (χ1v) is 6.17. The third-order valence-corrected chi connectivity index (χ3v) is 3.28. The number of benzene rings is 1. The summed E-state index contributed by atoms with van der Waals surface area (Å²) in [7, 11) is 1.47. The first-order chi connectivity index (χ1) is 8.02. The van der Waals surface area contributed by atoms with Gasteiger partial charge >= 0.3 is 6.03 Å². The SMILES string of the molecule is CNC(=O)NC(=O)C(C)Sc1ccc(C)cc1. The second-order valence-corrected chi connectivity index (χ2v) is 5.06. The number of amides is 3. The number of nitrogens with one attached hydrogen (secondary N) is 2. The minimum absolute atomic E-state index is 0.296. The Morgan fingerprint density at radius 3 is 2.35 bits per heavy atom. The molecule has 0 heterocycles. The van der Waals surface area contributed by atoms with Crippen LogP contribution in [0.15, 0.2) is 29.2 Å². The average molecular weight is 252 g/mol. The highest BCUT2D eigenvalue weighted by atomic mass is 32.2. The van der Waals surface area contributed by atoms with Crippen molar-refractivity contribution in [2.45, 2.75) is 24.0 Å². The van der Waals surface area contributed by atoms with Gasteiger partial charge in [0.05, 0.1) is 5.25 Å². The molecule has 1 unspecified atom stereocenters. The number of thioether (sulfide) groups is 1. The quantitative estimate of drug-likeness (QED) is 0.808. The summed E-state index contributed by atoms with van der Waals surface area (Å²) >= 11 is 1.42. The van der Waals surface area contributed by atoms with Gasteiger partial charge in [0.1, 0.15) is 0 Å². The van der Waals surface area contributed by atoms with Gasteiger partial charge in [-0.25, -0.2) is 4.79 Å². The van der Waals surface area contributed by atoms with Gasteiger partial charge in [0.25, 0.3) is 0 Å². The van der Waals surface area contributed by atoms with E-state index < -0.39 is 6.03 Å². The van der Waals surface area contributed by atoms with Crippen LogP contribution in [0.3, 0.4) is 0 Å². The minimum atomic E-state index is -0.480. The lowest BCUT2D eigenvalue weighted by Gasteiger charge is -2.10. The maximum Gasteiger partial charge on any atom is 0.321 e. The second kappa shape index (κ2) is 6.30. The van der Waals surface area contributed by atoms with Crippen molar-refractivity contribution in [2.75, 3.05) is 7.05 Å². The van der Waals surface area contributed by atoms with Gasteiger partial charge in [-0.1, -0.05) is 17.7 Å². The zero-order chi connectivity index (χ0) is 12.8. The number of rotatable bonds is 3. The molecular weight excluding hydrogens is 236 g/mol. The first kappa shape index (κ1) is 13.6. The molecule has 92 valence electrons. The fraction of sp³-hybridized carbons (Fsp3) is 0.333. The van der Waals surface area contributed by atoms with Crippen LogP contribution < -0.4 is 10.6 Å². The van der Waals surface area contributed by atoms with Crippen molar-refractivity contribution >= 4 is 23.7 Å². The Bertz CT molecular complexity index is 403. The molecule has 17 heavy (non-hydrogen) atoms. The summed E-state index contributed by atoms with van der Waals surface area (Å²) < 4.78 is 0. The minimum Gasteiger partial charge on any atom is -0.341 e. The molecule has 0 spiro atoms. The lowest BCUT2D eigenvalue weighted by atomic mass is 10.2. The van der Waals surface area contributed by atoms with Gasteiger partial charge in [0.15, 0.2) is 0 Å². The van der Waals surface area contributed by atoms with Gasteiger partial charge in [-0.15, -0.1) is 11.8 Å². The Balaban J connectivity index is 2.54. The zero-order valence-corrected chi connectivity index (χ0v) is 10.9. The smallest absolute Gasteiger partial charge is 0.321 e. The van der Waals surface area contributed by atoms with Crippen LogP contribution in [-0.2, 0) is 4.79 Å². The predicted octanol–water partition coefficient (Wildman–Crippen LogP) is 1.93. The van der Waals surface area contributed by atoms with Gasteiger partial charge in [-0.2, -0.15) is 0 Å². The average Bonchev–Trinajstić information content (AvgIpc) is 2.31. The predicted molar refractivity (Wildman–Crippen MR) is 69.1 cm³/mol. The van der Waals surface area contributed by atoms with Gasteiger partial charge in [0.2, 0.25) is 5.91 Å². The van der Waals surface area contributed by atoms with Crippen molar-refractivity contribution < 1.29 is 9.59 Å². The maximum atomic E-state index is 11.6. The number of carbonyl (C=O) groups excluding carboxylic acids is 2. The summed E-state index contributed by atoms with van der Waals surface area (Å²) in [4.78, 5) is 23.6. The van der Waals surface area contributed by atoms with Crippen LogP contribution in [0.2, 0.25) is 0 Å². The van der Waals surface area contributed by atoms with E-state index in [4.69, 9.17) is 0 Å². The lowest BCUT2D eigenvalue weighted by Crippen LogP contribution is -2.41. The van der Waals surface area contributed by atoms with E-state index >= 15 is 0 Å². The molecule has 0 aliphatic carbocycles. The summed E-state index contributed by atoms with van der Waals surface area (Å²) in [5.74, 6) is -0.296. The maximum absolute atomic E-state index is 11.6. The molecule has 0 fully saturated rings. The lowest BCUT2D eigenvalue weighted by molar-refractivity contribution is -0.119. The molecule has 5 heteroatoms. The second-order valence-electron chi connectivity index (χ2n) is 3.64. The van der Waals surface area contributed by atoms with Crippen LogP contribution in [0.5, 0.6) is 0 Å². The number of imide groups is 1. The molecule has 0 saturated carbocycles. The van der Waals surface area contributed by atoms with Crippen LogP contribution in [0.4, 0.5) is 4.79 Å². The monoisotopic (exact) mass is 252 g/mol. The largest absolute Gasteiger partial charge is 0.341 e. The summed E-state index contributed by atoms with van der Waals surface area (Å²) in [6.07, 6.45) is 0. The molecule has 0 aliphatic rings. The fourth-order valence-corrected chi connectivity index (χ4v) is 2.02. The van der Waals surface area contributed by atoms with Crippen LogP contribution in [0, 0.1) is 6.92 Å². The van der Waals surface area contributed by atoms with E-state index in [1.165, 1.54) is 24.4 Å². The van der Waals surface area contributed by atoms with Gasteiger partial charge in [0, 0.05) is 11.9 Å². The van der Waals surface area contributed by atoms with Crippen molar-refractivity contribution in [2.24, 2.45) is 0 Å². The van der Waals surface area contributed by atoms with Crippen LogP contribution in [0.1, 0.15) is 12.5 Å². The summed E-state index contributed by atoms with van der Waals surface area (Å²) in [5, 5.41) is 4.28. The van der Waals surface area contributed by atoms with Crippen molar-refractivity contribution in [3.05, 3.63) is 29.8 Å². The number of urea groups is 1. The molecular formula is C12H16N2O2S. The highest BCUT2D eigenvalue weighted by molar-refractivity contribution is 8.00. The van der Waals surface area contributed by atoms with Crippen LogP contribution in [0.25, 0.3) is 0 Å². The summed E-state index contributed by atoms with van der Waals surface area (Å²) in [5.41, 5.74) is 1.18. The van der Waals surface area contributed by atoms with Crippen molar-refractivity contribution in [1.29, 1.82) is 0 Å². The molecule has 0 radical (unpaired) electrons.